The smallest absolute Gasteiger partial charge is 0.271 e. The molecule has 1 saturated heterocycles. The molecule has 3 rings (SSSR count). The van der Waals surface area contributed by atoms with Crippen LogP contribution in [0.2, 0.25) is 0 Å². The molecule has 0 radical (unpaired) electrons. The van der Waals surface area contributed by atoms with E-state index in [1.165, 1.54) is 31.0 Å². The van der Waals surface area contributed by atoms with Crippen LogP contribution in [0.3, 0.4) is 0 Å². The molecular formula is C23H28N4O4S. The van der Waals surface area contributed by atoms with Gasteiger partial charge in [-0.25, -0.2) is 0 Å². The Balaban J connectivity index is 2.10. The summed E-state index contributed by atoms with van der Waals surface area (Å²) in [6.07, 6.45) is 1.87. The molecule has 0 unspecified atom stereocenters. The summed E-state index contributed by atoms with van der Waals surface area (Å²) < 4.78 is 7.36. The first-order valence-corrected chi connectivity index (χ1v) is 11.2. The fraction of sp³-hybridized carbons (Fsp3) is 0.391. The maximum atomic E-state index is 13.1. The average molecular weight is 457 g/mol. The highest BCUT2D eigenvalue weighted by Crippen LogP contribution is 2.36. The minimum Gasteiger partial charge on any atom is -0.495 e. The number of hydrogen-bond donors (Lipinski definition) is 0. The number of aryl methyl sites for hydroxylation is 1. The number of aromatic nitrogens is 1. The number of methoxy groups -OCH3 is 1. The number of rotatable bonds is 6. The van der Waals surface area contributed by atoms with Gasteiger partial charge in [-0.05, 0) is 77.1 Å². The van der Waals surface area contributed by atoms with Crippen LogP contribution in [0.5, 0.6) is 5.75 Å². The van der Waals surface area contributed by atoms with E-state index in [1.807, 2.05) is 58.3 Å². The zero-order valence-electron chi connectivity index (χ0n) is 19.4. The van der Waals surface area contributed by atoms with Gasteiger partial charge < -0.3 is 9.30 Å². The van der Waals surface area contributed by atoms with Crippen molar-refractivity contribution in [2.45, 2.75) is 53.6 Å². The minimum atomic E-state index is -0.427. The van der Waals surface area contributed by atoms with Gasteiger partial charge in [-0.15, -0.1) is 0 Å². The summed E-state index contributed by atoms with van der Waals surface area (Å²) in [7, 11) is 1.53. The monoisotopic (exact) mass is 456 g/mol. The SMILES string of the molecule is COc1ccc([N+](=O)[O-])cc1-n1c(C)cc(/C=C2/SC(=NC(C)C)N(C(C)C)C2=O)c1C. The second-order valence-electron chi connectivity index (χ2n) is 8.16. The molecule has 1 aromatic heterocycles. The van der Waals surface area contributed by atoms with Crippen LogP contribution in [-0.4, -0.2) is 44.7 Å². The van der Waals surface area contributed by atoms with E-state index in [9.17, 15) is 14.9 Å². The minimum absolute atomic E-state index is 0.0000367. The fourth-order valence-corrected chi connectivity index (χ4v) is 4.89. The number of nitrogens with zero attached hydrogens (tertiary/aromatic N) is 4. The van der Waals surface area contributed by atoms with Gasteiger partial charge in [0, 0.05) is 35.6 Å². The van der Waals surface area contributed by atoms with Gasteiger partial charge in [-0.3, -0.25) is 24.8 Å². The third-order valence-corrected chi connectivity index (χ3v) is 6.09. The average Bonchev–Trinajstić information content (AvgIpc) is 3.16. The first kappa shape index (κ1) is 23.6. The van der Waals surface area contributed by atoms with Crippen molar-refractivity contribution in [1.82, 2.24) is 9.47 Å². The fourth-order valence-electron chi connectivity index (χ4n) is 3.67. The number of carbonyl (C=O) groups is 1. The first-order valence-electron chi connectivity index (χ1n) is 10.4. The molecule has 1 aliphatic rings. The lowest BCUT2D eigenvalue weighted by atomic mass is 10.2. The first-order chi connectivity index (χ1) is 15.0. The van der Waals surface area contributed by atoms with E-state index < -0.39 is 4.92 Å². The lowest BCUT2D eigenvalue weighted by Crippen LogP contribution is -2.35. The van der Waals surface area contributed by atoms with E-state index in [4.69, 9.17) is 4.74 Å². The molecule has 2 aromatic rings. The van der Waals surface area contributed by atoms with Gasteiger partial charge in [-0.2, -0.15) is 0 Å². The Hall–Kier alpha value is -3.07. The highest BCUT2D eigenvalue weighted by molar-refractivity contribution is 8.18. The number of aliphatic imine (C=N–C) groups is 1. The van der Waals surface area contributed by atoms with Crippen molar-refractivity contribution < 1.29 is 14.5 Å². The molecule has 8 nitrogen and oxygen atoms in total. The van der Waals surface area contributed by atoms with Crippen LogP contribution in [0, 0.1) is 24.0 Å². The summed E-state index contributed by atoms with van der Waals surface area (Å²) >= 11 is 1.38. The predicted molar refractivity (Wildman–Crippen MR) is 129 cm³/mol. The Morgan fingerprint density at radius 2 is 1.88 bits per heavy atom. The zero-order chi connectivity index (χ0) is 23.7. The van der Waals surface area contributed by atoms with Crippen LogP contribution in [0.15, 0.2) is 34.2 Å². The van der Waals surface area contributed by atoms with Gasteiger partial charge in [0.15, 0.2) is 5.17 Å². The molecule has 0 aliphatic carbocycles. The molecule has 0 bridgehead atoms. The Morgan fingerprint density at radius 1 is 1.19 bits per heavy atom. The van der Waals surface area contributed by atoms with Crippen LogP contribution >= 0.6 is 11.8 Å². The highest BCUT2D eigenvalue weighted by atomic mass is 32.2. The van der Waals surface area contributed by atoms with Crippen molar-refractivity contribution in [3.8, 4) is 11.4 Å². The summed E-state index contributed by atoms with van der Waals surface area (Å²) in [6, 6.07) is 6.56. The van der Waals surface area contributed by atoms with Crippen molar-refractivity contribution >= 4 is 34.6 Å². The number of amides is 1. The number of nitro benzene ring substituents is 1. The lowest BCUT2D eigenvalue weighted by Gasteiger charge is -2.20. The summed E-state index contributed by atoms with van der Waals surface area (Å²) in [5.41, 5.74) is 3.16. The van der Waals surface area contributed by atoms with E-state index in [0.717, 1.165) is 17.0 Å². The third kappa shape index (κ3) is 4.43. The molecule has 1 amide bonds. The van der Waals surface area contributed by atoms with Crippen molar-refractivity contribution in [1.29, 1.82) is 0 Å². The van der Waals surface area contributed by atoms with E-state index >= 15 is 0 Å². The van der Waals surface area contributed by atoms with Crippen LogP contribution < -0.4 is 4.74 Å². The second kappa shape index (κ2) is 9.20. The van der Waals surface area contributed by atoms with E-state index in [0.29, 0.717) is 21.5 Å². The van der Waals surface area contributed by atoms with Gasteiger partial charge >= 0.3 is 0 Å². The third-order valence-electron chi connectivity index (χ3n) is 5.09. The quantitative estimate of drug-likeness (QED) is 0.343. The number of nitro groups is 1. The normalized spacial score (nSPS) is 16.8. The molecule has 0 spiro atoms. The number of amidine groups is 1. The summed E-state index contributed by atoms with van der Waals surface area (Å²) in [5, 5.41) is 12.0. The Labute approximate surface area is 192 Å². The van der Waals surface area contributed by atoms with Crippen LogP contribution in [0.25, 0.3) is 11.8 Å². The largest absolute Gasteiger partial charge is 0.495 e. The van der Waals surface area contributed by atoms with E-state index in [-0.39, 0.29) is 23.7 Å². The van der Waals surface area contributed by atoms with Crippen LogP contribution in [0.1, 0.15) is 44.6 Å². The number of carbonyl (C=O) groups excluding carboxylic acids is 1. The number of hydrogen-bond acceptors (Lipinski definition) is 6. The molecule has 1 fully saturated rings. The van der Waals surface area contributed by atoms with Gasteiger partial charge in [0.05, 0.1) is 22.6 Å². The van der Waals surface area contributed by atoms with Gasteiger partial charge in [0.1, 0.15) is 5.75 Å². The van der Waals surface area contributed by atoms with Gasteiger partial charge in [-0.1, -0.05) is 0 Å². The van der Waals surface area contributed by atoms with Crippen LogP contribution in [0.4, 0.5) is 5.69 Å². The Morgan fingerprint density at radius 3 is 2.44 bits per heavy atom. The van der Waals surface area contributed by atoms with Crippen molar-refractivity contribution in [2.75, 3.05) is 7.11 Å². The molecule has 32 heavy (non-hydrogen) atoms. The Bertz CT molecular complexity index is 1130. The highest BCUT2D eigenvalue weighted by Gasteiger charge is 2.35. The number of thioether (sulfide) groups is 1. The van der Waals surface area contributed by atoms with Crippen molar-refractivity contribution in [2.24, 2.45) is 4.99 Å². The van der Waals surface area contributed by atoms with Crippen molar-refractivity contribution in [3.05, 3.63) is 56.2 Å². The number of benzene rings is 1. The summed E-state index contributed by atoms with van der Waals surface area (Å²) in [6.45, 7) is 11.8. The lowest BCUT2D eigenvalue weighted by molar-refractivity contribution is -0.384. The van der Waals surface area contributed by atoms with E-state index in [2.05, 4.69) is 4.99 Å². The Kier molecular flexibility index (Phi) is 6.78. The molecular weight excluding hydrogens is 428 g/mol. The molecule has 170 valence electrons. The molecule has 9 heteroatoms. The maximum Gasteiger partial charge on any atom is 0.271 e. The maximum absolute atomic E-state index is 13.1. The molecule has 0 atom stereocenters. The van der Waals surface area contributed by atoms with Crippen molar-refractivity contribution in [3.63, 3.8) is 0 Å². The topological polar surface area (TPSA) is 90.0 Å². The molecule has 0 saturated carbocycles. The summed E-state index contributed by atoms with van der Waals surface area (Å²) in [4.78, 5) is 30.9. The molecule has 2 heterocycles. The molecule has 1 aromatic carbocycles. The van der Waals surface area contributed by atoms with Gasteiger partial charge in [0.25, 0.3) is 11.6 Å². The molecule has 0 N–H and O–H groups in total. The van der Waals surface area contributed by atoms with Gasteiger partial charge in [0.2, 0.25) is 0 Å². The summed E-state index contributed by atoms with van der Waals surface area (Å²) in [5.74, 6) is 0.461. The second-order valence-corrected chi connectivity index (χ2v) is 9.17. The van der Waals surface area contributed by atoms with Crippen LogP contribution in [-0.2, 0) is 4.79 Å². The zero-order valence-corrected chi connectivity index (χ0v) is 20.2. The molecule has 1 aliphatic heterocycles. The predicted octanol–water partition coefficient (Wildman–Crippen LogP) is 5.10. The number of ether oxygens (including phenoxy) is 1. The van der Waals surface area contributed by atoms with E-state index in [1.54, 1.807) is 11.0 Å². The number of non-ortho nitro benzene ring substituents is 1. The standard InChI is InChI=1S/C23H28N4O4S/c1-13(2)24-23-25(14(3)4)22(28)21(32-23)11-17-10-15(5)26(16(17)6)19-12-18(27(29)30)8-9-20(19)31-7/h8-14H,1-7H3/b21-11+,24-23?.